The normalized spacial score (nSPS) is 11.4. The van der Waals surface area contributed by atoms with Crippen molar-refractivity contribution in [1.82, 2.24) is 15.5 Å². The lowest BCUT2D eigenvalue weighted by atomic mass is 9.99. The summed E-state index contributed by atoms with van der Waals surface area (Å²) in [7, 11) is 0. The third kappa shape index (κ3) is 4.53. The quantitative estimate of drug-likeness (QED) is 0.313. The molecule has 0 radical (unpaired) electrons. The molecule has 5 N–H and O–H groups in total. The molecule has 4 aromatic rings. The Balaban J connectivity index is 1.58. The van der Waals surface area contributed by atoms with Gasteiger partial charge in [-0.25, -0.2) is 9.18 Å². The maximum absolute atomic E-state index is 13.9. The Labute approximate surface area is 190 Å². The minimum atomic E-state index is -4.68. The van der Waals surface area contributed by atoms with E-state index >= 15 is 0 Å². The van der Waals surface area contributed by atoms with Crippen LogP contribution in [0.2, 0.25) is 0 Å². The first-order valence-corrected chi connectivity index (χ1v) is 9.92. The average molecular weight is 471 g/mol. The minimum absolute atomic E-state index is 0.0598. The topological polar surface area (TPSA) is 113 Å². The molecule has 0 unspecified atom stereocenters. The number of carbonyl (C=O) groups is 2. The predicted octanol–water partition coefficient (Wildman–Crippen LogP) is 4.81. The highest BCUT2D eigenvalue weighted by Gasteiger charge is 2.31. The molecule has 0 atom stereocenters. The molecule has 0 saturated carbocycles. The van der Waals surface area contributed by atoms with Crippen LogP contribution in [0.1, 0.15) is 21.5 Å². The zero-order valence-electron chi connectivity index (χ0n) is 17.3. The summed E-state index contributed by atoms with van der Waals surface area (Å²) < 4.78 is 52.6. The molecule has 0 aliphatic carbocycles. The van der Waals surface area contributed by atoms with Crippen LogP contribution in [0.3, 0.4) is 0 Å². The van der Waals surface area contributed by atoms with Crippen molar-refractivity contribution in [2.45, 2.75) is 12.7 Å². The van der Waals surface area contributed by atoms with Gasteiger partial charge in [0, 0.05) is 17.5 Å². The lowest BCUT2D eigenvalue weighted by Crippen LogP contribution is -2.29. The molecule has 174 valence electrons. The molecule has 3 aromatic carbocycles. The van der Waals surface area contributed by atoms with E-state index in [0.717, 1.165) is 0 Å². The zero-order valence-corrected chi connectivity index (χ0v) is 17.3. The first-order valence-electron chi connectivity index (χ1n) is 9.92. The Hall–Kier alpha value is -4.41. The maximum Gasteiger partial charge on any atom is 0.416 e. The van der Waals surface area contributed by atoms with Crippen LogP contribution < -0.4 is 16.4 Å². The third-order valence-corrected chi connectivity index (χ3v) is 5.11. The van der Waals surface area contributed by atoms with Gasteiger partial charge in [0.05, 0.1) is 22.3 Å². The number of carbonyl (C=O) groups excluding carboxylic acids is 2. The van der Waals surface area contributed by atoms with E-state index in [9.17, 15) is 27.2 Å². The Kier molecular flexibility index (Phi) is 5.93. The van der Waals surface area contributed by atoms with Gasteiger partial charge >= 0.3 is 12.2 Å². The van der Waals surface area contributed by atoms with Crippen molar-refractivity contribution < 1.29 is 27.2 Å². The van der Waals surface area contributed by atoms with E-state index in [1.165, 1.54) is 0 Å². The monoisotopic (exact) mass is 471 g/mol. The fourth-order valence-electron chi connectivity index (χ4n) is 3.52. The van der Waals surface area contributed by atoms with E-state index in [0.29, 0.717) is 45.9 Å². The summed E-state index contributed by atoms with van der Waals surface area (Å²) in [5, 5.41) is 12.2. The van der Waals surface area contributed by atoms with Crippen molar-refractivity contribution in [1.29, 1.82) is 0 Å². The molecule has 0 aliphatic rings. The molecule has 11 heteroatoms. The number of hydrogen-bond donors (Lipinski definition) is 4. The van der Waals surface area contributed by atoms with Crippen LogP contribution in [0, 0.1) is 5.82 Å². The van der Waals surface area contributed by atoms with Gasteiger partial charge in [-0.05, 0) is 35.9 Å². The zero-order chi connectivity index (χ0) is 24.5. The highest BCUT2D eigenvalue weighted by atomic mass is 19.4. The number of urea groups is 1. The average Bonchev–Trinajstić information content (AvgIpc) is 3.22. The molecular weight excluding hydrogens is 454 g/mol. The second-order valence-corrected chi connectivity index (χ2v) is 7.32. The number of alkyl halides is 3. The van der Waals surface area contributed by atoms with Gasteiger partial charge < -0.3 is 16.4 Å². The lowest BCUT2D eigenvalue weighted by molar-refractivity contribution is -0.137. The van der Waals surface area contributed by atoms with Crippen molar-refractivity contribution in [2.24, 2.45) is 5.73 Å². The summed E-state index contributed by atoms with van der Waals surface area (Å²) in [4.78, 5) is 24.2. The van der Waals surface area contributed by atoms with Gasteiger partial charge in [-0.3, -0.25) is 9.89 Å². The number of rotatable bonds is 5. The second-order valence-electron chi connectivity index (χ2n) is 7.32. The van der Waals surface area contributed by atoms with Crippen molar-refractivity contribution in [2.75, 3.05) is 5.32 Å². The molecule has 1 heterocycles. The number of nitrogens with one attached hydrogen (secondary N) is 3. The Morgan fingerprint density at radius 1 is 1.03 bits per heavy atom. The van der Waals surface area contributed by atoms with E-state index < -0.39 is 35.2 Å². The van der Waals surface area contributed by atoms with Gasteiger partial charge in [0.15, 0.2) is 0 Å². The number of fused-ring (bicyclic) bond motifs is 1. The van der Waals surface area contributed by atoms with Crippen molar-refractivity contribution in [3.63, 3.8) is 0 Å². The molecule has 0 fully saturated rings. The predicted molar refractivity (Wildman–Crippen MR) is 117 cm³/mol. The molecule has 0 spiro atoms. The highest BCUT2D eigenvalue weighted by Crippen LogP contribution is 2.33. The Morgan fingerprint density at radius 2 is 1.79 bits per heavy atom. The fourth-order valence-corrected chi connectivity index (χ4v) is 3.52. The standard InChI is InChI=1S/C23H17F4N5O2/c24-16-9-8-13(23(25,26)27)10-18(16)30-22(34)29-11-12-4-1-2-5-14(12)20-19-15(21(28)33)6-3-7-17(19)31-32-20/h1-10H,11H2,(H2,28,33)(H,31,32)(H2,29,30,34). The van der Waals surface area contributed by atoms with Crippen molar-refractivity contribution in [3.8, 4) is 11.3 Å². The van der Waals surface area contributed by atoms with Crippen molar-refractivity contribution in [3.05, 3.63) is 83.2 Å². The largest absolute Gasteiger partial charge is 0.416 e. The van der Waals surface area contributed by atoms with E-state index in [-0.39, 0.29) is 12.1 Å². The number of halogens is 4. The molecule has 1 aromatic heterocycles. The van der Waals surface area contributed by atoms with Crippen LogP contribution in [-0.4, -0.2) is 22.1 Å². The first-order chi connectivity index (χ1) is 16.1. The maximum atomic E-state index is 13.9. The van der Waals surface area contributed by atoms with E-state index in [4.69, 9.17) is 5.73 Å². The number of anilines is 1. The van der Waals surface area contributed by atoms with Crippen LogP contribution in [0.15, 0.2) is 60.7 Å². The van der Waals surface area contributed by atoms with Crippen LogP contribution >= 0.6 is 0 Å². The molecule has 34 heavy (non-hydrogen) atoms. The Bertz CT molecular complexity index is 1400. The number of aromatic nitrogens is 2. The third-order valence-electron chi connectivity index (χ3n) is 5.11. The Morgan fingerprint density at radius 3 is 2.53 bits per heavy atom. The minimum Gasteiger partial charge on any atom is -0.366 e. The summed E-state index contributed by atoms with van der Waals surface area (Å²) in [6.07, 6.45) is -4.68. The molecule has 0 aliphatic heterocycles. The van der Waals surface area contributed by atoms with Crippen LogP contribution in [0.5, 0.6) is 0 Å². The van der Waals surface area contributed by atoms with Crippen LogP contribution in [0.25, 0.3) is 22.2 Å². The summed E-state index contributed by atoms with van der Waals surface area (Å²) in [6.45, 7) is -0.0598. The summed E-state index contributed by atoms with van der Waals surface area (Å²) in [5.74, 6) is -1.64. The SMILES string of the molecule is NC(=O)c1cccc2[nH]nc(-c3ccccc3CNC(=O)Nc3cc(C(F)(F)F)ccc3F)c12. The van der Waals surface area contributed by atoms with E-state index in [2.05, 4.69) is 20.8 Å². The smallest absolute Gasteiger partial charge is 0.366 e. The van der Waals surface area contributed by atoms with E-state index in [1.54, 1.807) is 42.5 Å². The summed E-state index contributed by atoms with van der Waals surface area (Å²) in [6, 6.07) is 12.7. The number of benzene rings is 3. The number of H-pyrrole nitrogens is 1. The van der Waals surface area contributed by atoms with Gasteiger partial charge in [-0.15, -0.1) is 0 Å². The van der Waals surface area contributed by atoms with Gasteiger partial charge in [-0.1, -0.05) is 30.3 Å². The molecule has 7 nitrogen and oxygen atoms in total. The number of nitrogens with zero attached hydrogens (tertiary/aromatic N) is 1. The molecular formula is C23H17F4N5O2. The molecule has 0 saturated heterocycles. The molecule has 4 rings (SSSR count). The number of nitrogens with two attached hydrogens (primary N) is 1. The van der Waals surface area contributed by atoms with Crippen LogP contribution in [-0.2, 0) is 12.7 Å². The van der Waals surface area contributed by atoms with Gasteiger partial charge in [0.1, 0.15) is 11.5 Å². The fraction of sp³-hybridized carbons (Fsp3) is 0.0870. The van der Waals surface area contributed by atoms with Crippen molar-refractivity contribution >= 4 is 28.5 Å². The van der Waals surface area contributed by atoms with Crippen LogP contribution in [0.4, 0.5) is 28.0 Å². The van der Waals surface area contributed by atoms with E-state index in [1.807, 2.05) is 0 Å². The number of hydrogen-bond acceptors (Lipinski definition) is 3. The van der Waals surface area contributed by atoms with Gasteiger partial charge in [-0.2, -0.15) is 18.3 Å². The number of aromatic amines is 1. The molecule has 3 amide bonds. The lowest BCUT2D eigenvalue weighted by Gasteiger charge is -2.13. The highest BCUT2D eigenvalue weighted by molar-refractivity contribution is 6.10. The number of amides is 3. The number of primary amides is 1. The summed E-state index contributed by atoms with van der Waals surface area (Å²) in [5.41, 5.74) is 6.27. The van der Waals surface area contributed by atoms with Gasteiger partial charge in [0.2, 0.25) is 5.91 Å². The summed E-state index contributed by atoms with van der Waals surface area (Å²) >= 11 is 0. The second kappa shape index (κ2) is 8.85. The van der Waals surface area contributed by atoms with Gasteiger partial charge in [0.25, 0.3) is 0 Å². The first kappa shape index (κ1) is 22.8. The molecule has 0 bridgehead atoms.